The van der Waals surface area contributed by atoms with Crippen molar-refractivity contribution in [2.24, 2.45) is 11.7 Å². The molecule has 0 aromatic carbocycles. The van der Waals surface area contributed by atoms with E-state index in [9.17, 15) is 4.79 Å². The molecule has 0 aliphatic heterocycles. The van der Waals surface area contributed by atoms with Crippen LogP contribution < -0.4 is 5.73 Å². The summed E-state index contributed by atoms with van der Waals surface area (Å²) in [5, 5.41) is 3.76. The molecule has 2 atom stereocenters. The second-order valence-corrected chi connectivity index (χ2v) is 5.10. The van der Waals surface area contributed by atoms with E-state index in [1.807, 2.05) is 14.0 Å². The molecule has 5 nitrogen and oxygen atoms in total. The Kier molecular flexibility index (Phi) is 4.01. The number of hydrogen-bond donors (Lipinski definition) is 1. The maximum absolute atomic E-state index is 12.3. The van der Waals surface area contributed by atoms with Crippen LogP contribution in [0.2, 0.25) is 0 Å². The second kappa shape index (κ2) is 5.52. The number of aromatic nitrogens is 1. The molecule has 18 heavy (non-hydrogen) atoms. The Bertz CT molecular complexity index is 416. The summed E-state index contributed by atoms with van der Waals surface area (Å²) in [6.45, 7) is 2.45. The second-order valence-electron chi connectivity index (χ2n) is 5.10. The Hall–Kier alpha value is -1.36. The van der Waals surface area contributed by atoms with Gasteiger partial charge in [0, 0.05) is 19.2 Å². The number of hydrogen-bond acceptors (Lipinski definition) is 4. The smallest absolute Gasteiger partial charge is 0.292 e. The average molecular weight is 251 g/mol. The van der Waals surface area contributed by atoms with Crippen molar-refractivity contribution in [1.82, 2.24) is 10.1 Å². The number of carbonyl (C=O) groups is 1. The Balaban J connectivity index is 2.09. The van der Waals surface area contributed by atoms with Crippen LogP contribution in [0.5, 0.6) is 0 Å². The number of rotatable bonds is 3. The lowest BCUT2D eigenvalue weighted by Gasteiger charge is -2.37. The van der Waals surface area contributed by atoms with Gasteiger partial charge in [-0.1, -0.05) is 18.0 Å². The molecule has 2 N–H and O–H groups in total. The molecule has 1 saturated carbocycles. The molecule has 0 saturated heterocycles. The maximum Gasteiger partial charge on any atom is 0.292 e. The fourth-order valence-corrected chi connectivity index (χ4v) is 2.76. The third-order valence-corrected chi connectivity index (χ3v) is 3.83. The zero-order valence-corrected chi connectivity index (χ0v) is 11.1. The maximum atomic E-state index is 12.3. The van der Waals surface area contributed by atoms with E-state index < -0.39 is 0 Å². The summed E-state index contributed by atoms with van der Waals surface area (Å²) in [5.41, 5.74) is 6.53. The van der Waals surface area contributed by atoms with Crippen LogP contribution in [0, 0.1) is 12.8 Å². The number of aryl methyl sites for hydroxylation is 1. The Morgan fingerprint density at radius 3 is 2.89 bits per heavy atom. The summed E-state index contributed by atoms with van der Waals surface area (Å²) < 4.78 is 5.03. The van der Waals surface area contributed by atoms with Crippen LogP contribution >= 0.6 is 0 Å². The van der Waals surface area contributed by atoms with Gasteiger partial charge in [-0.15, -0.1) is 0 Å². The van der Waals surface area contributed by atoms with E-state index in [0.717, 1.165) is 25.0 Å². The predicted octanol–water partition coefficient (Wildman–Crippen LogP) is 1.57. The molecule has 1 heterocycles. The first-order valence-corrected chi connectivity index (χ1v) is 6.54. The zero-order valence-electron chi connectivity index (χ0n) is 11.1. The SMILES string of the molecule is Cc1cc(C(=O)N(C)C2CCCCC2CN)on1. The summed E-state index contributed by atoms with van der Waals surface area (Å²) in [7, 11) is 1.83. The molecule has 1 aromatic rings. The Morgan fingerprint density at radius 1 is 1.56 bits per heavy atom. The van der Waals surface area contributed by atoms with E-state index in [-0.39, 0.29) is 11.9 Å². The van der Waals surface area contributed by atoms with Crippen molar-refractivity contribution in [1.29, 1.82) is 0 Å². The van der Waals surface area contributed by atoms with Crippen LogP contribution in [-0.4, -0.2) is 35.6 Å². The van der Waals surface area contributed by atoms with Crippen molar-refractivity contribution in [3.8, 4) is 0 Å². The van der Waals surface area contributed by atoms with Crippen molar-refractivity contribution in [3.05, 3.63) is 17.5 Å². The van der Waals surface area contributed by atoms with Crippen LogP contribution in [0.25, 0.3) is 0 Å². The highest BCUT2D eigenvalue weighted by Crippen LogP contribution is 2.28. The standard InChI is InChI=1S/C13H21N3O2/c1-9-7-12(18-15-9)13(17)16(2)11-6-4-3-5-10(11)8-14/h7,10-11H,3-6,8,14H2,1-2H3. The lowest BCUT2D eigenvalue weighted by molar-refractivity contribution is 0.0579. The topological polar surface area (TPSA) is 72.4 Å². The van der Waals surface area contributed by atoms with Gasteiger partial charge in [-0.05, 0) is 32.2 Å². The summed E-state index contributed by atoms with van der Waals surface area (Å²) in [6, 6.07) is 1.90. The fraction of sp³-hybridized carbons (Fsp3) is 0.692. The molecule has 5 heteroatoms. The van der Waals surface area contributed by atoms with Gasteiger partial charge in [-0.25, -0.2) is 0 Å². The molecule has 1 amide bonds. The van der Waals surface area contributed by atoms with Crippen LogP contribution in [0.1, 0.15) is 41.9 Å². The number of nitrogens with zero attached hydrogens (tertiary/aromatic N) is 2. The van der Waals surface area contributed by atoms with Crippen LogP contribution in [-0.2, 0) is 0 Å². The number of amides is 1. The monoisotopic (exact) mass is 251 g/mol. The highest BCUT2D eigenvalue weighted by Gasteiger charge is 2.31. The molecule has 0 bridgehead atoms. The summed E-state index contributed by atoms with van der Waals surface area (Å²) >= 11 is 0. The van der Waals surface area contributed by atoms with Gasteiger partial charge >= 0.3 is 0 Å². The minimum atomic E-state index is -0.0963. The Labute approximate surface area is 107 Å². The zero-order chi connectivity index (χ0) is 13.1. The van der Waals surface area contributed by atoms with Crippen molar-refractivity contribution < 1.29 is 9.32 Å². The van der Waals surface area contributed by atoms with Crippen molar-refractivity contribution in [2.45, 2.75) is 38.6 Å². The minimum absolute atomic E-state index is 0.0963. The third-order valence-electron chi connectivity index (χ3n) is 3.83. The summed E-state index contributed by atoms with van der Waals surface area (Å²) in [5.74, 6) is 0.619. The first-order chi connectivity index (χ1) is 8.63. The Morgan fingerprint density at radius 2 is 2.28 bits per heavy atom. The lowest BCUT2D eigenvalue weighted by atomic mass is 9.83. The van der Waals surface area contributed by atoms with Crippen LogP contribution in [0.4, 0.5) is 0 Å². The fourth-order valence-electron chi connectivity index (χ4n) is 2.76. The van der Waals surface area contributed by atoms with E-state index in [0.29, 0.717) is 18.2 Å². The molecule has 100 valence electrons. The highest BCUT2D eigenvalue weighted by molar-refractivity contribution is 5.91. The van der Waals surface area contributed by atoms with Crippen molar-refractivity contribution >= 4 is 5.91 Å². The largest absolute Gasteiger partial charge is 0.351 e. The van der Waals surface area contributed by atoms with Gasteiger partial charge in [-0.2, -0.15) is 0 Å². The third kappa shape index (κ3) is 2.56. The van der Waals surface area contributed by atoms with Crippen LogP contribution in [0.15, 0.2) is 10.6 Å². The molecule has 1 fully saturated rings. The lowest BCUT2D eigenvalue weighted by Crippen LogP contribution is -2.45. The molecule has 1 aliphatic carbocycles. The number of carbonyl (C=O) groups excluding carboxylic acids is 1. The average Bonchev–Trinajstić information content (AvgIpc) is 2.83. The van der Waals surface area contributed by atoms with Crippen LogP contribution in [0.3, 0.4) is 0 Å². The molecule has 0 spiro atoms. The molecular weight excluding hydrogens is 230 g/mol. The van der Waals surface area contributed by atoms with Gasteiger partial charge < -0.3 is 15.2 Å². The van der Waals surface area contributed by atoms with Gasteiger partial charge in [0.15, 0.2) is 0 Å². The van der Waals surface area contributed by atoms with Gasteiger partial charge in [0.25, 0.3) is 5.91 Å². The van der Waals surface area contributed by atoms with E-state index in [2.05, 4.69) is 5.16 Å². The summed E-state index contributed by atoms with van der Waals surface area (Å²) in [6.07, 6.45) is 4.50. The van der Waals surface area contributed by atoms with Gasteiger partial charge in [0.1, 0.15) is 0 Å². The molecule has 2 unspecified atom stereocenters. The van der Waals surface area contributed by atoms with E-state index >= 15 is 0 Å². The van der Waals surface area contributed by atoms with E-state index in [1.54, 1.807) is 11.0 Å². The van der Waals surface area contributed by atoms with Crippen molar-refractivity contribution in [2.75, 3.05) is 13.6 Å². The molecular formula is C13H21N3O2. The van der Waals surface area contributed by atoms with Gasteiger partial charge in [0.05, 0.1) is 5.69 Å². The number of nitrogens with two attached hydrogens (primary N) is 1. The van der Waals surface area contributed by atoms with Crippen molar-refractivity contribution in [3.63, 3.8) is 0 Å². The van der Waals surface area contributed by atoms with E-state index in [1.165, 1.54) is 6.42 Å². The summed E-state index contributed by atoms with van der Waals surface area (Å²) in [4.78, 5) is 14.0. The minimum Gasteiger partial charge on any atom is -0.351 e. The quantitative estimate of drug-likeness (QED) is 0.885. The first-order valence-electron chi connectivity index (χ1n) is 6.54. The first kappa shape index (κ1) is 13.1. The molecule has 0 radical (unpaired) electrons. The molecule has 1 aliphatic rings. The normalized spacial score (nSPS) is 23.9. The molecule has 1 aromatic heterocycles. The highest BCUT2D eigenvalue weighted by atomic mass is 16.5. The molecule has 2 rings (SSSR count). The van der Waals surface area contributed by atoms with Gasteiger partial charge in [-0.3, -0.25) is 4.79 Å². The predicted molar refractivity (Wildman–Crippen MR) is 68.1 cm³/mol. The van der Waals surface area contributed by atoms with E-state index in [4.69, 9.17) is 10.3 Å². The van der Waals surface area contributed by atoms with Gasteiger partial charge in [0.2, 0.25) is 5.76 Å².